The number of halogens is 2. The average Bonchev–Trinajstić information content (AvgIpc) is 2.26. The van der Waals surface area contributed by atoms with Crippen molar-refractivity contribution in [3.05, 3.63) is 22.9 Å². The Kier molecular flexibility index (Phi) is 3.35. The summed E-state index contributed by atoms with van der Waals surface area (Å²) in [6.45, 7) is 0. The van der Waals surface area contributed by atoms with Gasteiger partial charge < -0.3 is 9.84 Å². The molecule has 16 heavy (non-hydrogen) atoms. The molecular weight excluding hydrogens is 222 g/mol. The molecule has 0 saturated heterocycles. The van der Waals surface area contributed by atoms with Gasteiger partial charge in [-0.05, 0) is 6.07 Å². The van der Waals surface area contributed by atoms with Crippen LogP contribution in [0.4, 0.5) is 8.78 Å². The number of ether oxygens (including phenoxy) is 1. The number of rotatable bonds is 3. The number of hydrogen-bond acceptors (Lipinski definition) is 4. The fraction of sp³-hybridized carbons (Fsp3) is 0.222. The molecule has 1 aromatic heterocycles. The van der Waals surface area contributed by atoms with Crippen molar-refractivity contribution >= 4 is 5.97 Å². The van der Waals surface area contributed by atoms with E-state index in [2.05, 4.69) is 9.72 Å². The predicted octanol–water partition coefficient (Wildman–Crippen LogP) is 1.60. The molecule has 5 nitrogen and oxygen atoms in total. The van der Waals surface area contributed by atoms with E-state index >= 15 is 0 Å². The standard InChI is InChI=1S/C9H6F2N2O3/c1-16-8-6(9(14)15)4(3-12)2-5(13-8)7(10)11/h2,7H,1H3,(H,14,15). The monoisotopic (exact) mass is 228 g/mol. The normalized spacial score (nSPS) is 9.94. The first-order valence-corrected chi connectivity index (χ1v) is 4.01. The summed E-state index contributed by atoms with van der Waals surface area (Å²) in [5.74, 6) is -1.96. The number of nitriles is 1. The zero-order valence-corrected chi connectivity index (χ0v) is 8.07. The van der Waals surface area contributed by atoms with Crippen LogP contribution in [-0.2, 0) is 0 Å². The molecule has 0 radical (unpaired) electrons. The molecule has 0 aliphatic carbocycles. The molecule has 84 valence electrons. The molecule has 0 spiro atoms. The highest BCUT2D eigenvalue weighted by molar-refractivity contribution is 5.93. The zero-order chi connectivity index (χ0) is 12.3. The first-order chi connectivity index (χ1) is 7.51. The summed E-state index contributed by atoms with van der Waals surface area (Å²) in [6, 6.07) is 2.25. The van der Waals surface area contributed by atoms with E-state index in [9.17, 15) is 13.6 Å². The zero-order valence-electron chi connectivity index (χ0n) is 8.07. The number of hydrogen-bond donors (Lipinski definition) is 1. The lowest BCUT2D eigenvalue weighted by Crippen LogP contribution is -2.08. The number of alkyl halides is 2. The number of pyridine rings is 1. The van der Waals surface area contributed by atoms with Crippen molar-refractivity contribution in [2.75, 3.05) is 7.11 Å². The Morgan fingerprint density at radius 1 is 1.69 bits per heavy atom. The number of methoxy groups -OCH3 is 1. The Bertz CT molecular complexity index is 469. The van der Waals surface area contributed by atoms with Gasteiger partial charge in [-0.2, -0.15) is 5.26 Å². The Balaban J connectivity index is 3.51. The van der Waals surface area contributed by atoms with E-state index in [4.69, 9.17) is 10.4 Å². The number of carbonyl (C=O) groups is 1. The van der Waals surface area contributed by atoms with Gasteiger partial charge in [0, 0.05) is 0 Å². The molecule has 1 rings (SSSR count). The van der Waals surface area contributed by atoms with Gasteiger partial charge >= 0.3 is 5.97 Å². The number of carboxylic acid groups (broad SMARTS) is 1. The number of nitrogens with zero attached hydrogens (tertiary/aromatic N) is 2. The lowest BCUT2D eigenvalue weighted by Gasteiger charge is -2.07. The van der Waals surface area contributed by atoms with Gasteiger partial charge in [0.15, 0.2) is 0 Å². The topological polar surface area (TPSA) is 83.2 Å². The minimum atomic E-state index is -2.90. The van der Waals surface area contributed by atoms with Crippen LogP contribution in [0.3, 0.4) is 0 Å². The van der Waals surface area contributed by atoms with Crippen LogP contribution >= 0.6 is 0 Å². The second kappa shape index (κ2) is 4.53. The second-order valence-corrected chi connectivity index (χ2v) is 2.70. The van der Waals surface area contributed by atoms with Gasteiger partial charge in [-0.25, -0.2) is 18.6 Å². The highest BCUT2D eigenvalue weighted by Gasteiger charge is 2.22. The Morgan fingerprint density at radius 3 is 2.69 bits per heavy atom. The van der Waals surface area contributed by atoms with Gasteiger partial charge in [-0.1, -0.05) is 0 Å². The molecule has 0 aromatic carbocycles. The molecule has 7 heteroatoms. The van der Waals surface area contributed by atoms with Crippen molar-refractivity contribution in [1.29, 1.82) is 5.26 Å². The molecule has 0 saturated carbocycles. The molecule has 0 atom stereocenters. The summed E-state index contributed by atoms with van der Waals surface area (Å²) in [5, 5.41) is 17.4. The van der Waals surface area contributed by atoms with Gasteiger partial charge in [0.1, 0.15) is 17.3 Å². The summed E-state index contributed by atoms with van der Waals surface area (Å²) in [7, 11) is 1.09. The van der Waals surface area contributed by atoms with E-state index in [0.29, 0.717) is 0 Å². The van der Waals surface area contributed by atoms with Crippen LogP contribution in [0.2, 0.25) is 0 Å². The quantitative estimate of drug-likeness (QED) is 0.849. The lowest BCUT2D eigenvalue weighted by molar-refractivity contribution is 0.0691. The molecule has 0 bridgehead atoms. The highest BCUT2D eigenvalue weighted by atomic mass is 19.3. The van der Waals surface area contributed by atoms with E-state index < -0.39 is 35.1 Å². The van der Waals surface area contributed by atoms with Crippen LogP contribution in [0, 0.1) is 11.3 Å². The van der Waals surface area contributed by atoms with Crippen molar-refractivity contribution < 1.29 is 23.4 Å². The van der Waals surface area contributed by atoms with Gasteiger partial charge in [0.2, 0.25) is 5.88 Å². The predicted molar refractivity (Wildman–Crippen MR) is 47.4 cm³/mol. The molecule has 0 aliphatic heterocycles. The molecule has 0 unspecified atom stereocenters. The number of aromatic nitrogens is 1. The maximum Gasteiger partial charge on any atom is 0.342 e. The van der Waals surface area contributed by atoms with Crippen LogP contribution in [0.5, 0.6) is 5.88 Å². The van der Waals surface area contributed by atoms with E-state index in [-0.39, 0.29) is 0 Å². The summed E-state index contributed by atoms with van der Waals surface area (Å²) in [5.41, 5.74) is -1.62. The maximum absolute atomic E-state index is 12.4. The molecular formula is C9H6F2N2O3. The van der Waals surface area contributed by atoms with Gasteiger partial charge in [0.05, 0.1) is 12.7 Å². The fourth-order valence-corrected chi connectivity index (χ4v) is 1.10. The minimum Gasteiger partial charge on any atom is -0.480 e. The van der Waals surface area contributed by atoms with Crippen LogP contribution in [0.1, 0.15) is 28.0 Å². The Morgan fingerprint density at radius 2 is 2.31 bits per heavy atom. The number of carboxylic acids is 1. The van der Waals surface area contributed by atoms with Crippen LogP contribution < -0.4 is 4.74 Å². The smallest absolute Gasteiger partial charge is 0.342 e. The van der Waals surface area contributed by atoms with Crippen molar-refractivity contribution in [1.82, 2.24) is 4.98 Å². The van der Waals surface area contributed by atoms with Crippen molar-refractivity contribution in [3.63, 3.8) is 0 Å². The first kappa shape index (κ1) is 11.8. The number of aromatic carboxylic acids is 1. The summed E-state index contributed by atoms with van der Waals surface area (Å²) in [6.07, 6.45) is -2.90. The molecule has 0 fully saturated rings. The third-order valence-corrected chi connectivity index (χ3v) is 1.76. The first-order valence-electron chi connectivity index (χ1n) is 4.01. The second-order valence-electron chi connectivity index (χ2n) is 2.70. The third kappa shape index (κ3) is 2.06. The molecule has 1 N–H and O–H groups in total. The maximum atomic E-state index is 12.4. The summed E-state index contributed by atoms with van der Waals surface area (Å²) < 4.78 is 29.3. The molecule has 1 heterocycles. The molecule has 1 aromatic rings. The van der Waals surface area contributed by atoms with E-state index in [0.717, 1.165) is 13.2 Å². The van der Waals surface area contributed by atoms with Crippen molar-refractivity contribution in [2.45, 2.75) is 6.43 Å². The molecule has 0 aliphatic rings. The largest absolute Gasteiger partial charge is 0.480 e. The van der Waals surface area contributed by atoms with Crippen LogP contribution in [0.25, 0.3) is 0 Å². The summed E-state index contributed by atoms with van der Waals surface area (Å²) in [4.78, 5) is 14.1. The Labute approximate surface area is 88.9 Å². The SMILES string of the molecule is COc1nc(C(F)F)cc(C#N)c1C(=O)O. The van der Waals surface area contributed by atoms with Crippen molar-refractivity contribution in [2.24, 2.45) is 0 Å². The molecule has 0 amide bonds. The van der Waals surface area contributed by atoms with Gasteiger partial charge in [0.25, 0.3) is 6.43 Å². The Hall–Kier alpha value is -2.23. The van der Waals surface area contributed by atoms with Gasteiger partial charge in [-0.3, -0.25) is 0 Å². The summed E-state index contributed by atoms with van der Waals surface area (Å²) >= 11 is 0. The van der Waals surface area contributed by atoms with E-state index in [1.54, 1.807) is 0 Å². The minimum absolute atomic E-state index is 0.408. The van der Waals surface area contributed by atoms with Crippen LogP contribution in [0.15, 0.2) is 6.07 Å². The fourth-order valence-electron chi connectivity index (χ4n) is 1.10. The third-order valence-electron chi connectivity index (χ3n) is 1.76. The van der Waals surface area contributed by atoms with Crippen LogP contribution in [-0.4, -0.2) is 23.2 Å². The van der Waals surface area contributed by atoms with E-state index in [1.165, 1.54) is 6.07 Å². The highest BCUT2D eigenvalue weighted by Crippen LogP contribution is 2.25. The van der Waals surface area contributed by atoms with Gasteiger partial charge in [-0.15, -0.1) is 0 Å². The van der Waals surface area contributed by atoms with Crippen molar-refractivity contribution in [3.8, 4) is 11.9 Å². The van der Waals surface area contributed by atoms with E-state index in [1.807, 2.05) is 0 Å². The average molecular weight is 228 g/mol. The lowest BCUT2D eigenvalue weighted by atomic mass is 10.1.